The van der Waals surface area contributed by atoms with Crippen molar-refractivity contribution in [2.45, 2.75) is 6.23 Å². The maximum atomic E-state index is 5.68. The Labute approximate surface area is 142 Å². The second-order valence-electron chi connectivity index (χ2n) is 5.80. The van der Waals surface area contributed by atoms with Crippen molar-refractivity contribution >= 4 is 17.1 Å². The van der Waals surface area contributed by atoms with Gasteiger partial charge >= 0.3 is 0 Å². The van der Waals surface area contributed by atoms with Crippen LogP contribution in [0.2, 0.25) is 0 Å². The van der Waals surface area contributed by atoms with E-state index in [0.29, 0.717) is 0 Å². The molecule has 1 saturated heterocycles. The molecule has 0 amide bonds. The summed E-state index contributed by atoms with van der Waals surface area (Å²) in [7, 11) is 0. The summed E-state index contributed by atoms with van der Waals surface area (Å²) in [5.74, 6) is 0. The Kier molecular flexibility index (Phi) is 4.28. The van der Waals surface area contributed by atoms with E-state index in [9.17, 15) is 0 Å². The molecular weight excluding hydrogens is 296 g/mol. The fourth-order valence-electron chi connectivity index (χ4n) is 3.04. The molecule has 0 radical (unpaired) electrons. The number of nitrogens with one attached hydrogen (secondary N) is 1. The van der Waals surface area contributed by atoms with Crippen LogP contribution in [0.3, 0.4) is 0 Å². The Morgan fingerprint density at radius 3 is 1.75 bits per heavy atom. The zero-order chi connectivity index (χ0) is 16.2. The quantitative estimate of drug-likeness (QED) is 0.750. The van der Waals surface area contributed by atoms with Crippen molar-refractivity contribution in [3.05, 3.63) is 90.5 Å². The summed E-state index contributed by atoms with van der Waals surface area (Å²) in [5, 5.41) is 3.35. The van der Waals surface area contributed by atoms with Crippen LogP contribution in [0.5, 0.6) is 0 Å². The van der Waals surface area contributed by atoms with Crippen LogP contribution in [0.25, 0.3) is 0 Å². The molecule has 3 nitrogen and oxygen atoms in total. The lowest BCUT2D eigenvalue weighted by Crippen LogP contribution is -2.14. The van der Waals surface area contributed by atoms with Crippen molar-refractivity contribution in [2.24, 2.45) is 0 Å². The van der Waals surface area contributed by atoms with Crippen molar-refractivity contribution < 1.29 is 4.74 Å². The minimum Gasteiger partial charge on any atom is -0.358 e. The molecule has 3 heteroatoms. The lowest BCUT2D eigenvalue weighted by Gasteiger charge is -2.25. The molecule has 4 rings (SSSR count). The molecule has 0 saturated carbocycles. The van der Waals surface area contributed by atoms with Gasteiger partial charge in [-0.2, -0.15) is 0 Å². The second kappa shape index (κ2) is 6.87. The summed E-state index contributed by atoms with van der Waals surface area (Å²) in [6, 6.07) is 29.4. The number of benzene rings is 3. The summed E-state index contributed by atoms with van der Waals surface area (Å²) in [6.07, 6.45) is 0.0148. The van der Waals surface area contributed by atoms with Gasteiger partial charge in [0.15, 0.2) is 0 Å². The van der Waals surface area contributed by atoms with Crippen LogP contribution >= 0.6 is 0 Å². The first-order chi connectivity index (χ1) is 11.9. The maximum absolute atomic E-state index is 5.68. The number of para-hydroxylation sites is 2. The van der Waals surface area contributed by atoms with Crippen molar-refractivity contribution in [3.63, 3.8) is 0 Å². The Balaban J connectivity index is 1.71. The van der Waals surface area contributed by atoms with Crippen LogP contribution in [-0.2, 0) is 4.74 Å². The van der Waals surface area contributed by atoms with E-state index >= 15 is 0 Å². The van der Waals surface area contributed by atoms with Gasteiger partial charge in [-0.05, 0) is 42.0 Å². The zero-order valence-corrected chi connectivity index (χ0v) is 13.4. The number of hydrogen-bond donors (Lipinski definition) is 1. The van der Waals surface area contributed by atoms with Gasteiger partial charge in [0, 0.05) is 23.6 Å². The molecule has 1 aliphatic rings. The average molecular weight is 316 g/mol. The van der Waals surface area contributed by atoms with Gasteiger partial charge in [0.2, 0.25) is 0 Å². The molecule has 1 aliphatic heterocycles. The average Bonchev–Trinajstić information content (AvgIpc) is 3.19. The highest BCUT2D eigenvalue weighted by molar-refractivity contribution is 5.76. The Hall–Kier alpha value is -2.62. The molecule has 1 atom stereocenters. The summed E-state index contributed by atoms with van der Waals surface area (Å²) >= 11 is 0. The standard InChI is InChI=1S/C21H20N2O/c1-3-7-18(8-4-1)23(19-9-5-2-6-10-19)20-13-11-17(12-14-20)21-22-15-16-24-21/h1-14,21-22H,15-16H2. The summed E-state index contributed by atoms with van der Waals surface area (Å²) in [5.41, 5.74) is 4.59. The third-order valence-corrected chi connectivity index (χ3v) is 4.20. The summed E-state index contributed by atoms with van der Waals surface area (Å²) in [4.78, 5) is 2.26. The van der Waals surface area contributed by atoms with E-state index in [4.69, 9.17) is 4.74 Å². The molecule has 3 aromatic rings. The van der Waals surface area contributed by atoms with E-state index in [0.717, 1.165) is 35.8 Å². The molecule has 3 aromatic carbocycles. The van der Waals surface area contributed by atoms with E-state index in [1.54, 1.807) is 0 Å². The first kappa shape index (κ1) is 14.9. The fourth-order valence-corrected chi connectivity index (χ4v) is 3.04. The third kappa shape index (κ3) is 3.04. The van der Waals surface area contributed by atoms with Gasteiger partial charge in [-0.25, -0.2) is 0 Å². The lowest BCUT2D eigenvalue weighted by atomic mass is 10.1. The Morgan fingerprint density at radius 2 is 1.25 bits per heavy atom. The SMILES string of the molecule is c1ccc(N(c2ccccc2)c2ccc(C3NCCO3)cc2)cc1. The Bertz CT molecular complexity index is 726. The van der Waals surface area contributed by atoms with Crippen molar-refractivity contribution in [2.75, 3.05) is 18.1 Å². The first-order valence-electron chi connectivity index (χ1n) is 8.27. The van der Waals surface area contributed by atoms with Crippen LogP contribution in [-0.4, -0.2) is 13.2 Å². The third-order valence-electron chi connectivity index (χ3n) is 4.20. The Morgan fingerprint density at radius 1 is 0.708 bits per heavy atom. The fraction of sp³-hybridized carbons (Fsp3) is 0.143. The second-order valence-corrected chi connectivity index (χ2v) is 5.80. The highest BCUT2D eigenvalue weighted by Crippen LogP contribution is 2.34. The topological polar surface area (TPSA) is 24.5 Å². The molecular formula is C21H20N2O. The van der Waals surface area contributed by atoms with E-state index in [-0.39, 0.29) is 6.23 Å². The van der Waals surface area contributed by atoms with Crippen LogP contribution in [0.1, 0.15) is 11.8 Å². The summed E-state index contributed by atoms with van der Waals surface area (Å²) in [6.45, 7) is 1.68. The van der Waals surface area contributed by atoms with E-state index in [2.05, 4.69) is 83.0 Å². The van der Waals surface area contributed by atoms with Gasteiger partial charge < -0.3 is 9.64 Å². The number of ether oxygens (including phenoxy) is 1. The molecule has 24 heavy (non-hydrogen) atoms. The van der Waals surface area contributed by atoms with Crippen molar-refractivity contribution in [3.8, 4) is 0 Å². The predicted octanol–water partition coefficient (Wildman–Crippen LogP) is 4.77. The molecule has 0 aromatic heterocycles. The summed E-state index contributed by atoms with van der Waals surface area (Å²) < 4.78 is 5.68. The highest BCUT2D eigenvalue weighted by Gasteiger charge is 2.17. The zero-order valence-electron chi connectivity index (χ0n) is 13.4. The molecule has 1 heterocycles. The van der Waals surface area contributed by atoms with Gasteiger partial charge in [-0.3, -0.25) is 5.32 Å². The van der Waals surface area contributed by atoms with Gasteiger partial charge in [0.1, 0.15) is 6.23 Å². The van der Waals surface area contributed by atoms with Crippen LogP contribution in [0, 0.1) is 0 Å². The van der Waals surface area contributed by atoms with Crippen molar-refractivity contribution in [1.82, 2.24) is 5.32 Å². The normalized spacial score (nSPS) is 16.9. The van der Waals surface area contributed by atoms with Crippen LogP contribution in [0.4, 0.5) is 17.1 Å². The molecule has 0 aliphatic carbocycles. The molecule has 1 fully saturated rings. The van der Waals surface area contributed by atoms with E-state index in [1.807, 2.05) is 12.1 Å². The number of rotatable bonds is 4. The molecule has 0 bridgehead atoms. The smallest absolute Gasteiger partial charge is 0.134 e. The monoisotopic (exact) mass is 316 g/mol. The van der Waals surface area contributed by atoms with Gasteiger partial charge in [0.05, 0.1) is 6.61 Å². The molecule has 120 valence electrons. The van der Waals surface area contributed by atoms with Gasteiger partial charge in [0.25, 0.3) is 0 Å². The number of anilines is 3. The predicted molar refractivity (Wildman–Crippen MR) is 97.8 cm³/mol. The van der Waals surface area contributed by atoms with E-state index in [1.165, 1.54) is 0 Å². The van der Waals surface area contributed by atoms with Gasteiger partial charge in [-0.1, -0.05) is 48.5 Å². The molecule has 1 unspecified atom stereocenters. The van der Waals surface area contributed by atoms with Gasteiger partial charge in [-0.15, -0.1) is 0 Å². The highest BCUT2D eigenvalue weighted by atomic mass is 16.5. The van der Waals surface area contributed by atoms with E-state index < -0.39 is 0 Å². The lowest BCUT2D eigenvalue weighted by molar-refractivity contribution is 0.102. The van der Waals surface area contributed by atoms with Crippen LogP contribution in [0.15, 0.2) is 84.9 Å². The minimum absolute atomic E-state index is 0.0148. The first-order valence-corrected chi connectivity index (χ1v) is 8.27. The molecule has 1 N–H and O–H groups in total. The molecule has 0 spiro atoms. The number of nitrogens with zero attached hydrogens (tertiary/aromatic N) is 1. The van der Waals surface area contributed by atoms with Crippen molar-refractivity contribution in [1.29, 1.82) is 0 Å². The van der Waals surface area contributed by atoms with Crippen LogP contribution < -0.4 is 10.2 Å². The maximum Gasteiger partial charge on any atom is 0.134 e. The minimum atomic E-state index is 0.0148. The largest absolute Gasteiger partial charge is 0.358 e. The number of hydrogen-bond acceptors (Lipinski definition) is 3.